The molecule has 3 aromatic carbocycles. The van der Waals surface area contributed by atoms with Gasteiger partial charge in [-0.05, 0) is 35.9 Å². The average molecular weight is 465 g/mol. The van der Waals surface area contributed by atoms with Gasteiger partial charge >= 0.3 is 0 Å². The van der Waals surface area contributed by atoms with Crippen LogP contribution in [0.4, 0.5) is 17.3 Å². The van der Waals surface area contributed by atoms with Crippen LogP contribution < -0.4 is 15.5 Å². The lowest BCUT2D eigenvalue weighted by atomic mass is 10.0. The lowest BCUT2D eigenvalue weighted by molar-refractivity contribution is 0.0958. The van der Waals surface area contributed by atoms with E-state index in [-0.39, 0.29) is 12.5 Å². The van der Waals surface area contributed by atoms with E-state index in [0.29, 0.717) is 11.5 Å². The predicted octanol–water partition coefficient (Wildman–Crippen LogP) is 4.13. The predicted molar refractivity (Wildman–Crippen MR) is 136 cm³/mol. The van der Waals surface area contributed by atoms with E-state index in [1.54, 1.807) is 12.1 Å². The molecule has 174 valence electrons. The van der Waals surface area contributed by atoms with Crippen LogP contribution in [0.3, 0.4) is 0 Å². The quantitative estimate of drug-likeness (QED) is 0.414. The standard InChI is InChI=1S/C27H24N6O2/c28-11-12-29-26(34)20-9-7-19(8-10-20)24-6-1-3-21-18-30-27(32-25(21)24)31-22-4-2-5-23(17-22)33-13-15-35-16-14-33/h1-10,17-18H,12-16H2,(H,29,34)(H,30,31,32). The largest absolute Gasteiger partial charge is 0.378 e. The van der Waals surface area contributed by atoms with E-state index in [0.717, 1.165) is 59.7 Å². The Labute approximate surface area is 203 Å². The maximum Gasteiger partial charge on any atom is 0.252 e. The molecular formula is C27H24N6O2. The van der Waals surface area contributed by atoms with Crippen molar-refractivity contribution >= 4 is 34.1 Å². The van der Waals surface area contributed by atoms with Crippen LogP contribution in [0, 0.1) is 11.3 Å². The molecule has 1 saturated heterocycles. The highest BCUT2D eigenvalue weighted by Crippen LogP contribution is 2.29. The summed E-state index contributed by atoms with van der Waals surface area (Å²) in [6.45, 7) is 3.20. The van der Waals surface area contributed by atoms with Crippen molar-refractivity contribution < 1.29 is 9.53 Å². The number of nitrogens with zero attached hydrogens (tertiary/aromatic N) is 4. The Kier molecular flexibility index (Phi) is 6.50. The maximum atomic E-state index is 12.1. The highest BCUT2D eigenvalue weighted by atomic mass is 16.5. The highest BCUT2D eigenvalue weighted by molar-refractivity contribution is 5.97. The van der Waals surface area contributed by atoms with Crippen molar-refractivity contribution in [3.63, 3.8) is 0 Å². The van der Waals surface area contributed by atoms with Crippen LogP contribution in [0.2, 0.25) is 0 Å². The van der Waals surface area contributed by atoms with Crippen LogP contribution in [-0.2, 0) is 4.74 Å². The van der Waals surface area contributed by atoms with Gasteiger partial charge in [-0.1, -0.05) is 36.4 Å². The van der Waals surface area contributed by atoms with Crippen LogP contribution in [0.1, 0.15) is 10.4 Å². The number of amides is 1. The zero-order valence-corrected chi connectivity index (χ0v) is 19.1. The number of rotatable bonds is 6. The minimum absolute atomic E-state index is 0.0219. The molecule has 5 rings (SSSR count). The Morgan fingerprint density at radius 1 is 1.06 bits per heavy atom. The van der Waals surface area contributed by atoms with E-state index in [4.69, 9.17) is 15.0 Å². The minimum atomic E-state index is -0.274. The van der Waals surface area contributed by atoms with Gasteiger partial charge in [-0.3, -0.25) is 4.79 Å². The van der Waals surface area contributed by atoms with Crippen LogP contribution in [0.15, 0.2) is 72.9 Å². The molecule has 2 N–H and O–H groups in total. The average Bonchev–Trinajstić information content (AvgIpc) is 2.92. The molecule has 0 radical (unpaired) electrons. The summed E-state index contributed by atoms with van der Waals surface area (Å²) < 4.78 is 5.46. The number of anilines is 3. The first-order valence-electron chi connectivity index (χ1n) is 11.4. The molecular weight excluding hydrogens is 440 g/mol. The lowest BCUT2D eigenvalue weighted by Crippen LogP contribution is -2.36. The fraction of sp³-hybridized carbons (Fsp3) is 0.185. The molecule has 1 aromatic heterocycles. The van der Waals surface area contributed by atoms with E-state index in [1.165, 1.54) is 0 Å². The van der Waals surface area contributed by atoms with Gasteiger partial charge < -0.3 is 20.3 Å². The van der Waals surface area contributed by atoms with Gasteiger partial charge in [-0.25, -0.2) is 9.97 Å². The van der Waals surface area contributed by atoms with Gasteiger partial charge in [-0.15, -0.1) is 0 Å². The summed E-state index contributed by atoms with van der Waals surface area (Å²) in [4.78, 5) is 23.7. The van der Waals surface area contributed by atoms with Gasteiger partial charge in [0.2, 0.25) is 5.95 Å². The van der Waals surface area contributed by atoms with Crippen LogP contribution in [0.25, 0.3) is 22.0 Å². The number of carbonyl (C=O) groups is 1. The fourth-order valence-electron chi connectivity index (χ4n) is 4.10. The number of para-hydroxylation sites is 1. The topological polar surface area (TPSA) is 103 Å². The second kappa shape index (κ2) is 10.2. The number of ether oxygens (including phenoxy) is 1. The number of benzene rings is 3. The third-order valence-corrected chi connectivity index (χ3v) is 5.88. The first-order chi connectivity index (χ1) is 17.2. The molecule has 0 bridgehead atoms. The molecule has 0 unspecified atom stereocenters. The van der Waals surface area contributed by atoms with Crippen molar-refractivity contribution in [1.29, 1.82) is 5.26 Å². The Morgan fingerprint density at radius 3 is 2.66 bits per heavy atom. The third kappa shape index (κ3) is 5.05. The molecule has 1 aliphatic heterocycles. The number of carbonyl (C=O) groups excluding carboxylic acids is 1. The van der Waals surface area contributed by atoms with E-state index < -0.39 is 0 Å². The summed E-state index contributed by atoms with van der Waals surface area (Å²) in [7, 11) is 0. The molecule has 0 saturated carbocycles. The van der Waals surface area contributed by atoms with Crippen molar-refractivity contribution in [2.24, 2.45) is 0 Å². The summed E-state index contributed by atoms with van der Waals surface area (Å²) in [5, 5.41) is 15.5. The SMILES string of the molecule is N#CCNC(=O)c1ccc(-c2cccc3cnc(Nc4cccc(N5CCOCC5)c4)nc23)cc1. The summed E-state index contributed by atoms with van der Waals surface area (Å²) >= 11 is 0. The molecule has 0 atom stereocenters. The Hall–Kier alpha value is -4.48. The summed E-state index contributed by atoms with van der Waals surface area (Å²) in [6, 6.07) is 23.3. The number of hydrogen-bond acceptors (Lipinski definition) is 7. The third-order valence-electron chi connectivity index (χ3n) is 5.88. The van der Waals surface area contributed by atoms with E-state index in [9.17, 15) is 4.79 Å². The Bertz CT molecular complexity index is 1390. The van der Waals surface area contributed by atoms with Gasteiger partial charge in [0.25, 0.3) is 5.91 Å². The van der Waals surface area contributed by atoms with Crippen LogP contribution in [-0.4, -0.2) is 48.7 Å². The van der Waals surface area contributed by atoms with Gasteiger partial charge in [0, 0.05) is 47.2 Å². The highest BCUT2D eigenvalue weighted by Gasteiger charge is 2.13. The number of fused-ring (bicyclic) bond motifs is 1. The first-order valence-corrected chi connectivity index (χ1v) is 11.4. The monoisotopic (exact) mass is 464 g/mol. The van der Waals surface area contributed by atoms with Gasteiger partial charge in [0.1, 0.15) is 6.54 Å². The summed E-state index contributed by atoms with van der Waals surface area (Å²) in [6.07, 6.45) is 1.81. The molecule has 1 aliphatic rings. The van der Waals surface area contributed by atoms with Gasteiger partial charge in [-0.2, -0.15) is 5.26 Å². The maximum absolute atomic E-state index is 12.1. The number of nitrogens with one attached hydrogen (secondary N) is 2. The van der Waals surface area contributed by atoms with Gasteiger partial charge in [0.05, 0.1) is 24.8 Å². The second-order valence-electron chi connectivity index (χ2n) is 8.13. The Morgan fingerprint density at radius 2 is 1.86 bits per heavy atom. The molecule has 1 amide bonds. The molecule has 0 aliphatic carbocycles. The van der Waals surface area contributed by atoms with Crippen LogP contribution >= 0.6 is 0 Å². The van der Waals surface area contributed by atoms with Crippen molar-refractivity contribution in [2.75, 3.05) is 43.1 Å². The first kappa shape index (κ1) is 22.3. The smallest absolute Gasteiger partial charge is 0.252 e. The van der Waals surface area contributed by atoms with E-state index in [1.807, 2.05) is 54.7 Å². The van der Waals surface area contributed by atoms with Crippen molar-refractivity contribution in [1.82, 2.24) is 15.3 Å². The zero-order chi connectivity index (χ0) is 24.0. The number of aromatic nitrogens is 2. The number of morpholine rings is 1. The van der Waals surface area contributed by atoms with Crippen molar-refractivity contribution in [2.45, 2.75) is 0 Å². The molecule has 8 heteroatoms. The van der Waals surface area contributed by atoms with Crippen molar-refractivity contribution in [3.05, 3.63) is 78.5 Å². The van der Waals surface area contributed by atoms with Crippen LogP contribution in [0.5, 0.6) is 0 Å². The molecule has 0 spiro atoms. The summed E-state index contributed by atoms with van der Waals surface area (Å²) in [5.74, 6) is 0.237. The molecule has 2 heterocycles. The molecule has 4 aromatic rings. The Balaban J connectivity index is 1.41. The molecule has 8 nitrogen and oxygen atoms in total. The molecule has 1 fully saturated rings. The zero-order valence-electron chi connectivity index (χ0n) is 19.1. The summed E-state index contributed by atoms with van der Waals surface area (Å²) in [5.41, 5.74) is 5.25. The molecule has 35 heavy (non-hydrogen) atoms. The van der Waals surface area contributed by atoms with E-state index in [2.05, 4.69) is 32.7 Å². The fourth-order valence-corrected chi connectivity index (χ4v) is 4.10. The number of nitriles is 1. The van der Waals surface area contributed by atoms with Crippen molar-refractivity contribution in [3.8, 4) is 17.2 Å². The van der Waals surface area contributed by atoms with Gasteiger partial charge in [0.15, 0.2) is 0 Å². The minimum Gasteiger partial charge on any atom is -0.378 e. The lowest BCUT2D eigenvalue weighted by Gasteiger charge is -2.29. The second-order valence-corrected chi connectivity index (χ2v) is 8.13. The van der Waals surface area contributed by atoms with E-state index >= 15 is 0 Å². The number of hydrogen-bond donors (Lipinski definition) is 2. The normalized spacial score (nSPS) is 13.3.